The van der Waals surface area contributed by atoms with Crippen LogP contribution in [0, 0.1) is 0 Å². The largest absolute Gasteiger partial charge is 0.450 e. The molecular weight excluding hydrogens is 316 g/mol. The van der Waals surface area contributed by atoms with Gasteiger partial charge in [-0.25, -0.2) is 4.79 Å². The molecule has 0 spiro atoms. The second-order valence-electron chi connectivity index (χ2n) is 5.17. The molecule has 1 saturated heterocycles. The van der Waals surface area contributed by atoms with Gasteiger partial charge in [-0.1, -0.05) is 29.8 Å². The average Bonchev–Trinajstić information content (AvgIpc) is 2.57. The van der Waals surface area contributed by atoms with E-state index in [1.165, 1.54) is 0 Å². The van der Waals surface area contributed by atoms with Crippen LogP contribution in [0.2, 0.25) is 5.02 Å². The van der Waals surface area contributed by atoms with Gasteiger partial charge in [0.2, 0.25) is 0 Å². The molecule has 1 aromatic rings. The molecule has 1 N–H and O–H groups in total. The first kappa shape index (κ1) is 17.4. The Morgan fingerprint density at radius 1 is 1.26 bits per heavy atom. The number of ether oxygens (including phenoxy) is 1. The van der Waals surface area contributed by atoms with Gasteiger partial charge in [-0.15, -0.1) is 0 Å². The minimum Gasteiger partial charge on any atom is -0.450 e. The molecule has 0 saturated carbocycles. The van der Waals surface area contributed by atoms with Crippen molar-refractivity contribution >= 4 is 23.7 Å². The molecule has 1 heterocycles. The van der Waals surface area contributed by atoms with E-state index < -0.39 is 0 Å². The van der Waals surface area contributed by atoms with E-state index in [-0.39, 0.29) is 6.09 Å². The van der Waals surface area contributed by atoms with Crippen molar-refractivity contribution in [3.63, 3.8) is 0 Å². The number of rotatable bonds is 3. The number of hydrogen-bond acceptors (Lipinski definition) is 3. The molecule has 23 heavy (non-hydrogen) atoms. The summed E-state index contributed by atoms with van der Waals surface area (Å²) in [5.74, 6) is 0.813. The van der Waals surface area contributed by atoms with Crippen molar-refractivity contribution in [2.45, 2.75) is 13.5 Å². The monoisotopic (exact) mass is 338 g/mol. The molecule has 1 amide bonds. The van der Waals surface area contributed by atoms with Gasteiger partial charge in [0, 0.05) is 44.8 Å². The van der Waals surface area contributed by atoms with E-state index in [0.29, 0.717) is 26.2 Å². The molecular formula is C16H23ClN4O2. The van der Waals surface area contributed by atoms with Crippen LogP contribution in [0.5, 0.6) is 0 Å². The quantitative estimate of drug-likeness (QED) is 0.678. The number of carbonyl (C=O) groups excluding carboxylic acids is 1. The van der Waals surface area contributed by atoms with E-state index in [1.54, 1.807) is 11.9 Å². The Hall–Kier alpha value is -1.95. The number of amides is 1. The highest BCUT2D eigenvalue weighted by Gasteiger charge is 2.23. The van der Waals surface area contributed by atoms with E-state index in [2.05, 4.69) is 15.2 Å². The summed E-state index contributed by atoms with van der Waals surface area (Å²) in [5, 5.41) is 4.06. The molecule has 1 aromatic carbocycles. The average molecular weight is 339 g/mol. The Kier molecular flexibility index (Phi) is 6.52. The molecule has 1 aliphatic heterocycles. The highest BCUT2D eigenvalue weighted by molar-refractivity contribution is 6.31. The lowest BCUT2D eigenvalue weighted by molar-refractivity contribution is 0.0914. The molecule has 2 rings (SSSR count). The van der Waals surface area contributed by atoms with Crippen LogP contribution in [-0.2, 0) is 11.3 Å². The van der Waals surface area contributed by atoms with Crippen LogP contribution in [0.25, 0.3) is 0 Å². The first-order valence-electron chi connectivity index (χ1n) is 7.76. The Morgan fingerprint density at radius 3 is 2.52 bits per heavy atom. The molecule has 1 aliphatic rings. The van der Waals surface area contributed by atoms with Crippen molar-refractivity contribution in [1.82, 2.24) is 15.1 Å². The maximum absolute atomic E-state index is 11.7. The maximum Gasteiger partial charge on any atom is 0.409 e. The van der Waals surface area contributed by atoms with Gasteiger partial charge in [0.15, 0.2) is 5.96 Å². The van der Waals surface area contributed by atoms with Crippen molar-refractivity contribution in [1.29, 1.82) is 0 Å². The van der Waals surface area contributed by atoms with Crippen LogP contribution < -0.4 is 5.32 Å². The van der Waals surface area contributed by atoms with Crippen LogP contribution in [-0.4, -0.2) is 61.7 Å². The Labute approximate surface area is 142 Å². The van der Waals surface area contributed by atoms with E-state index in [0.717, 1.165) is 29.6 Å². The Balaban J connectivity index is 1.86. The molecule has 0 radical (unpaired) electrons. The lowest BCUT2D eigenvalue weighted by Crippen LogP contribution is -2.53. The summed E-state index contributed by atoms with van der Waals surface area (Å²) < 4.78 is 5.03. The third kappa shape index (κ3) is 4.76. The first-order valence-corrected chi connectivity index (χ1v) is 8.14. The van der Waals surface area contributed by atoms with Gasteiger partial charge in [0.25, 0.3) is 0 Å². The SMILES string of the molecule is CCOC(=O)N1CCN(C(=NC)NCc2ccccc2Cl)CC1. The van der Waals surface area contributed by atoms with Gasteiger partial charge < -0.3 is 19.9 Å². The van der Waals surface area contributed by atoms with Gasteiger partial charge in [-0.05, 0) is 18.6 Å². The summed E-state index contributed by atoms with van der Waals surface area (Å²) in [6, 6.07) is 7.74. The summed E-state index contributed by atoms with van der Waals surface area (Å²) in [6.45, 7) is 5.54. The zero-order valence-corrected chi connectivity index (χ0v) is 14.3. The van der Waals surface area contributed by atoms with Crippen LogP contribution >= 0.6 is 11.6 Å². The first-order chi connectivity index (χ1) is 11.2. The topological polar surface area (TPSA) is 57.2 Å². The fraction of sp³-hybridized carbons (Fsp3) is 0.500. The van der Waals surface area contributed by atoms with Crippen LogP contribution in [0.4, 0.5) is 4.79 Å². The molecule has 6 nitrogen and oxygen atoms in total. The minimum absolute atomic E-state index is 0.244. The summed E-state index contributed by atoms with van der Waals surface area (Å²) in [5.41, 5.74) is 1.03. The van der Waals surface area contributed by atoms with Crippen LogP contribution in [0.1, 0.15) is 12.5 Å². The fourth-order valence-corrected chi connectivity index (χ4v) is 2.67. The van der Waals surface area contributed by atoms with Crippen molar-refractivity contribution in [3.05, 3.63) is 34.9 Å². The third-order valence-corrected chi connectivity index (χ3v) is 4.08. The number of aliphatic imine (C=N–C) groups is 1. The lowest BCUT2D eigenvalue weighted by atomic mass is 10.2. The van der Waals surface area contributed by atoms with E-state index in [1.807, 2.05) is 31.2 Å². The van der Waals surface area contributed by atoms with Crippen LogP contribution in [0.3, 0.4) is 0 Å². The molecule has 0 bridgehead atoms. The standard InChI is InChI=1S/C16H23ClN4O2/c1-3-23-16(22)21-10-8-20(9-11-21)15(18-2)19-12-13-6-4-5-7-14(13)17/h4-7H,3,8-12H2,1-2H3,(H,18,19). The molecule has 0 aromatic heterocycles. The molecule has 1 fully saturated rings. The number of benzene rings is 1. The normalized spacial score (nSPS) is 15.5. The number of guanidine groups is 1. The zero-order valence-electron chi connectivity index (χ0n) is 13.6. The van der Waals surface area contributed by atoms with Gasteiger partial charge in [0.1, 0.15) is 0 Å². The number of hydrogen-bond donors (Lipinski definition) is 1. The summed E-state index contributed by atoms with van der Waals surface area (Å²) in [4.78, 5) is 19.9. The van der Waals surface area contributed by atoms with Gasteiger partial charge in [-0.3, -0.25) is 4.99 Å². The number of carbonyl (C=O) groups is 1. The zero-order chi connectivity index (χ0) is 16.7. The van der Waals surface area contributed by atoms with Crippen molar-refractivity contribution in [3.8, 4) is 0 Å². The Bertz CT molecular complexity index is 557. The summed E-state index contributed by atoms with van der Waals surface area (Å²) >= 11 is 6.17. The van der Waals surface area contributed by atoms with Crippen LogP contribution in [0.15, 0.2) is 29.3 Å². The highest BCUT2D eigenvalue weighted by atomic mass is 35.5. The third-order valence-electron chi connectivity index (χ3n) is 3.71. The lowest BCUT2D eigenvalue weighted by Gasteiger charge is -2.35. The highest BCUT2D eigenvalue weighted by Crippen LogP contribution is 2.14. The minimum atomic E-state index is -0.244. The molecule has 126 valence electrons. The van der Waals surface area contributed by atoms with E-state index in [4.69, 9.17) is 16.3 Å². The number of nitrogens with zero attached hydrogens (tertiary/aromatic N) is 3. The van der Waals surface area contributed by atoms with Gasteiger partial charge in [0.05, 0.1) is 6.61 Å². The van der Waals surface area contributed by atoms with Crippen molar-refractivity contribution in [2.75, 3.05) is 39.8 Å². The predicted octanol–water partition coefficient (Wildman–Crippen LogP) is 2.19. The predicted molar refractivity (Wildman–Crippen MR) is 91.8 cm³/mol. The molecule has 0 atom stereocenters. The van der Waals surface area contributed by atoms with E-state index in [9.17, 15) is 4.79 Å². The van der Waals surface area contributed by atoms with E-state index >= 15 is 0 Å². The van der Waals surface area contributed by atoms with Gasteiger partial charge in [-0.2, -0.15) is 0 Å². The van der Waals surface area contributed by atoms with Crippen molar-refractivity contribution < 1.29 is 9.53 Å². The maximum atomic E-state index is 11.7. The Morgan fingerprint density at radius 2 is 1.91 bits per heavy atom. The van der Waals surface area contributed by atoms with Crippen molar-refractivity contribution in [2.24, 2.45) is 4.99 Å². The van der Waals surface area contributed by atoms with Gasteiger partial charge >= 0.3 is 6.09 Å². The molecule has 0 aliphatic carbocycles. The molecule has 7 heteroatoms. The number of piperazine rings is 1. The number of halogens is 1. The fourth-order valence-electron chi connectivity index (χ4n) is 2.46. The summed E-state index contributed by atoms with van der Waals surface area (Å²) in [7, 11) is 1.76. The smallest absolute Gasteiger partial charge is 0.409 e. The second-order valence-corrected chi connectivity index (χ2v) is 5.57. The second kappa shape index (κ2) is 8.62. The number of nitrogens with one attached hydrogen (secondary N) is 1. The summed E-state index contributed by atoms with van der Waals surface area (Å²) in [6.07, 6.45) is -0.244. The molecule has 0 unspecified atom stereocenters.